The van der Waals surface area contributed by atoms with E-state index in [1.165, 1.54) is 12.8 Å². The van der Waals surface area contributed by atoms with E-state index < -0.39 is 0 Å². The number of anilines is 1. The van der Waals surface area contributed by atoms with Gasteiger partial charge in [-0.05, 0) is 38.9 Å². The molecule has 0 radical (unpaired) electrons. The van der Waals surface area contributed by atoms with Crippen molar-refractivity contribution in [2.24, 2.45) is 0 Å². The lowest BCUT2D eigenvalue weighted by Crippen LogP contribution is -2.29. The molecular weight excluding hydrogens is 208 g/mol. The van der Waals surface area contributed by atoms with Crippen LogP contribution in [0.5, 0.6) is 0 Å². The molecule has 2 N–H and O–H groups in total. The molecule has 15 heavy (non-hydrogen) atoms. The van der Waals surface area contributed by atoms with Gasteiger partial charge in [0.15, 0.2) is 5.11 Å². The predicted molar refractivity (Wildman–Crippen MR) is 65.0 cm³/mol. The molecule has 0 amide bonds. The van der Waals surface area contributed by atoms with Gasteiger partial charge in [-0.2, -0.15) is 5.10 Å². The van der Waals surface area contributed by atoms with Crippen LogP contribution in [0.4, 0.5) is 5.69 Å². The fraction of sp³-hybridized carbons (Fsp3) is 0.600. The average molecular weight is 224 g/mol. The van der Waals surface area contributed by atoms with Gasteiger partial charge in [-0.15, -0.1) is 0 Å². The zero-order valence-electron chi connectivity index (χ0n) is 9.03. The molecule has 0 atom stereocenters. The summed E-state index contributed by atoms with van der Waals surface area (Å²) in [5.74, 6) is 0. The first kappa shape index (κ1) is 10.4. The Morgan fingerprint density at radius 2 is 2.33 bits per heavy atom. The van der Waals surface area contributed by atoms with Crippen LogP contribution in [0.1, 0.15) is 32.7 Å². The van der Waals surface area contributed by atoms with E-state index in [0.29, 0.717) is 17.2 Å². The van der Waals surface area contributed by atoms with Gasteiger partial charge in [-0.3, -0.25) is 4.68 Å². The Morgan fingerprint density at radius 1 is 1.60 bits per heavy atom. The summed E-state index contributed by atoms with van der Waals surface area (Å²) in [6.07, 6.45) is 6.21. The van der Waals surface area contributed by atoms with Gasteiger partial charge in [0, 0.05) is 18.3 Å². The fourth-order valence-corrected chi connectivity index (χ4v) is 1.55. The maximum absolute atomic E-state index is 5.17. The Hall–Kier alpha value is -1.10. The van der Waals surface area contributed by atoms with Crippen molar-refractivity contribution in [2.75, 3.05) is 5.32 Å². The molecule has 0 unspecified atom stereocenters. The summed E-state index contributed by atoms with van der Waals surface area (Å²) in [4.78, 5) is 0. The Kier molecular flexibility index (Phi) is 2.90. The molecule has 0 bridgehead atoms. The molecule has 1 heterocycles. The molecule has 5 heteroatoms. The molecule has 82 valence electrons. The molecule has 0 saturated heterocycles. The van der Waals surface area contributed by atoms with E-state index in [2.05, 4.69) is 29.6 Å². The number of nitrogens with one attached hydrogen (secondary N) is 2. The third kappa shape index (κ3) is 2.92. The monoisotopic (exact) mass is 224 g/mol. The number of nitrogens with zero attached hydrogens (tertiary/aromatic N) is 2. The molecule has 0 spiro atoms. The molecule has 1 aromatic heterocycles. The van der Waals surface area contributed by atoms with E-state index in [1.54, 1.807) is 6.20 Å². The highest BCUT2D eigenvalue weighted by atomic mass is 32.1. The molecule has 2 rings (SSSR count). The largest absolute Gasteiger partial charge is 0.360 e. The quantitative estimate of drug-likeness (QED) is 0.770. The maximum Gasteiger partial charge on any atom is 0.171 e. The average Bonchev–Trinajstić information content (AvgIpc) is 2.82. The van der Waals surface area contributed by atoms with E-state index in [0.717, 1.165) is 5.69 Å². The van der Waals surface area contributed by atoms with Crippen LogP contribution in [0.2, 0.25) is 0 Å². The first-order valence-corrected chi connectivity index (χ1v) is 5.67. The molecule has 0 aliphatic heterocycles. The van der Waals surface area contributed by atoms with E-state index in [9.17, 15) is 0 Å². The third-order valence-corrected chi connectivity index (χ3v) is 2.52. The normalized spacial score (nSPS) is 15.4. The lowest BCUT2D eigenvalue weighted by atomic mass is 10.4. The second-order valence-electron chi connectivity index (χ2n) is 4.18. The molecule has 1 aliphatic carbocycles. The van der Waals surface area contributed by atoms with Crippen LogP contribution in [-0.4, -0.2) is 20.9 Å². The first-order valence-electron chi connectivity index (χ1n) is 5.27. The molecular formula is C10H16N4S. The topological polar surface area (TPSA) is 41.9 Å². The number of thiocarbonyl (C=S) groups is 1. The third-order valence-electron chi connectivity index (χ3n) is 2.30. The molecule has 1 fully saturated rings. The fourth-order valence-electron chi connectivity index (χ4n) is 1.27. The van der Waals surface area contributed by atoms with E-state index in [1.807, 2.05) is 10.9 Å². The van der Waals surface area contributed by atoms with E-state index >= 15 is 0 Å². The van der Waals surface area contributed by atoms with Crippen molar-refractivity contribution < 1.29 is 0 Å². The lowest BCUT2D eigenvalue weighted by molar-refractivity contribution is 0.532. The van der Waals surface area contributed by atoms with Crippen molar-refractivity contribution in [3.8, 4) is 0 Å². The smallest absolute Gasteiger partial charge is 0.171 e. The number of hydrogen-bond acceptors (Lipinski definition) is 2. The standard InChI is InChI=1S/C10H16N4S/c1-7(2)14-6-9(5-11-14)13-10(15)12-8-3-4-8/h5-8H,3-4H2,1-2H3,(H2,12,13,15). The zero-order valence-corrected chi connectivity index (χ0v) is 9.84. The number of hydrogen-bond donors (Lipinski definition) is 2. The van der Waals surface area contributed by atoms with Gasteiger partial charge < -0.3 is 10.6 Å². The SMILES string of the molecule is CC(C)n1cc(NC(=S)NC2CC2)cn1. The van der Waals surface area contributed by atoms with Crippen molar-refractivity contribution in [1.82, 2.24) is 15.1 Å². The maximum atomic E-state index is 5.17. The van der Waals surface area contributed by atoms with Crippen molar-refractivity contribution in [3.05, 3.63) is 12.4 Å². The molecule has 1 aromatic rings. The summed E-state index contributed by atoms with van der Waals surface area (Å²) in [6.45, 7) is 4.19. The van der Waals surface area contributed by atoms with Gasteiger partial charge in [0.25, 0.3) is 0 Å². The van der Waals surface area contributed by atoms with Gasteiger partial charge >= 0.3 is 0 Å². The van der Waals surface area contributed by atoms with Crippen molar-refractivity contribution in [3.63, 3.8) is 0 Å². The highest BCUT2D eigenvalue weighted by molar-refractivity contribution is 7.80. The molecule has 0 aromatic carbocycles. The van der Waals surface area contributed by atoms with Crippen LogP contribution in [0, 0.1) is 0 Å². The molecule has 1 saturated carbocycles. The number of aromatic nitrogens is 2. The first-order chi connectivity index (χ1) is 7.15. The van der Waals surface area contributed by atoms with E-state index in [-0.39, 0.29) is 0 Å². The highest BCUT2D eigenvalue weighted by Gasteiger charge is 2.21. The van der Waals surface area contributed by atoms with E-state index in [4.69, 9.17) is 12.2 Å². The van der Waals surface area contributed by atoms with Crippen LogP contribution >= 0.6 is 12.2 Å². The lowest BCUT2D eigenvalue weighted by Gasteiger charge is -2.07. The predicted octanol–water partition coefficient (Wildman–Crippen LogP) is 1.91. The summed E-state index contributed by atoms with van der Waals surface area (Å²) in [5.41, 5.74) is 0.946. The van der Waals surface area contributed by atoms with Crippen molar-refractivity contribution >= 4 is 23.0 Å². The summed E-state index contributed by atoms with van der Waals surface area (Å²) in [5, 5.41) is 11.3. The Labute approximate surface area is 95.0 Å². The van der Waals surface area contributed by atoms with Gasteiger partial charge in [-0.1, -0.05) is 0 Å². The van der Waals surface area contributed by atoms with Crippen LogP contribution in [0.15, 0.2) is 12.4 Å². The minimum atomic E-state index is 0.380. The van der Waals surface area contributed by atoms with Crippen LogP contribution in [-0.2, 0) is 0 Å². The van der Waals surface area contributed by atoms with Crippen LogP contribution < -0.4 is 10.6 Å². The number of rotatable bonds is 3. The van der Waals surface area contributed by atoms with Crippen LogP contribution in [0.3, 0.4) is 0 Å². The van der Waals surface area contributed by atoms with Crippen LogP contribution in [0.25, 0.3) is 0 Å². The molecule has 1 aliphatic rings. The summed E-state index contributed by atoms with van der Waals surface area (Å²) in [6, 6.07) is 0.968. The van der Waals surface area contributed by atoms with Gasteiger partial charge in [0.05, 0.1) is 11.9 Å². The van der Waals surface area contributed by atoms with Gasteiger partial charge in [0.1, 0.15) is 0 Å². The van der Waals surface area contributed by atoms with Crippen molar-refractivity contribution in [2.45, 2.75) is 38.8 Å². The Morgan fingerprint density at radius 3 is 2.87 bits per heavy atom. The highest BCUT2D eigenvalue weighted by Crippen LogP contribution is 2.19. The minimum Gasteiger partial charge on any atom is -0.360 e. The van der Waals surface area contributed by atoms with Gasteiger partial charge in [-0.25, -0.2) is 0 Å². The van der Waals surface area contributed by atoms with Gasteiger partial charge in [0.2, 0.25) is 0 Å². The Balaban J connectivity index is 1.88. The molecule has 4 nitrogen and oxygen atoms in total. The van der Waals surface area contributed by atoms with Crippen molar-refractivity contribution in [1.29, 1.82) is 0 Å². The second-order valence-corrected chi connectivity index (χ2v) is 4.58. The second kappa shape index (κ2) is 4.18. The zero-order chi connectivity index (χ0) is 10.8. The summed E-state index contributed by atoms with van der Waals surface area (Å²) >= 11 is 5.17. The minimum absolute atomic E-state index is 0.380. The summed E-state index contributed by atoms with van der Waals surface area (Å²) < 4.78 is 1.90. The Bertz CT molecular complexity index is 354. The summed E-state index contributed by atoms with van der Waals surface area (Å²) in [7, 11) is 0.